The molecule has 8 heteroatoms. The molecule has 18 heavy (non-hydrogen) atoms. The lowest BCUT2D eigenvalue weighted by atomic mass is 10.4. The van der Waals surface area contributed by atoms with E-state index in [0.717, 1.165) is 11.8 Å². The molecule has 1 aromatic heterocycles. The molecule has 5 N–H and O–H groups in total. The van der Waals surface area contributed by atoms with Gasteiger partial charge in [-0.3, -0.25) is 9.78 Å². The van der Waals surface area contributed by atoms with E-state index >= 15 is 0 Å². The molecule has 0 unspecified atom stereocenters. The Morgan fingerprint density at radius 2 is 1.78 bits per heavy atom. The van der Waals surface area contributed by atoms with Crippen LogP contribution in [0.4, 0.5) is 11.8 Å². The molecule has 0 aliphatic carbocycles. The Morgan fingerprint density at radius 3 is 2.33 bits per heavy atom. The van der Waals surface area contributed by atoms with Gasteiger partial charge in [0.2, 0.25) is 5.95 Å². The molecule has 0 saturated carbocycles. The number of nitrogens with one attached hydrogen (secondary N) is 1. The van der Waals surface area contributed by atoms with Crippen molar-refractivity contribution in [1.29, 1.82) is 0 Å². The van der Waals surface area contributed by atoms with Gasteiger partial charge in [0, 0.05) is 14.9 Å². The maximum Gasteiger partial charge on any atom is 0.268 e. The van der Waals surface area contributed by atoms with Gasteiger partial charge in [0.05, 0.1) is 0 Å². The van der Waals surface area contributed by atoms with Crippen molar-refractivity contribution in [2.75, 3.05) is 11.5 Å². The number of rotatable bonds is 2. The van der Waals surface area contributed by atoms with Crippen molar-refractivity contribution in [2.45, 2.75) is 9.79 Å². The van der Waals surface area contributed by atoms with Crippen molar-refractivity contribution in [1.82, 2.24) is 9.97 Å². The predicted octanol–water partition coefficient (Wildman–Crippen LogP) is 2.39. The van der Waals surface area contributed by atoms with E-state index < -0.39 is 5.56 Å². The third-order valence-electron chi connectivity index (χ3n) is 1.98. The normalized spacial score (nSPS) is 10.6. The van der Waals surface area contributed by atoms with Gasteiger partial charge in [0.25, 0.3) is 5.56 Å². The lowest BCUT2D eigenvalue weighted by Gasteiger charge is -2.05. The fourth-order valence-corrected chi connectivity index (χ4v) is 2.86. The standard InChI is InChI=1S/C10H8Cl2N4OS/c11-4-1-5(12)3-6(2-4)18-7-8(13)15-10(14)16-9(7)17/h1-3H,(H5,13,14,15,16,17). The molecule has 2 aromatic rings. The van der Waals surface area contributed by atoms with Crippen molar-refractivity contribution in [2.24, 2.45) is 0 Å². The first-order chi connectivity index (χ1) is 8.45. The monoisotopic (exact) mass is 302 g/mol. The van der Waals surface area contributed by atoms with Crippen LogP contribution in [-0.2, 0) is 0 Å². The number of nitrogens with two attached hydrogens (primary N) is 2. The van der Waals surface area contributed by atoms with Gasteiger partial charge < -0.3 is 11.5 Å². The lowest BCUT2D eigenvalue weighted by Crippen LogP contribution is -2.15. The van der Waals surface area contributed by atoms with Crippen LogP contribution in [0.5, 0.6) is 0 Å². The zero-order chi connectivity index (χ0) is 13.3. The van der Waals surface area contributed by atoms with Crippen LogP contribution < -0.4 is 17.0 Å². The average molecular weight is 303 g/mol. The number of aromatic amines is 1. The van der Waals surface area contributed by atoms with E-state index in [0.29, 0.717) is 14.9 Å². The van der Waals surface area contributed by atoms with Crippen molar-refractivity contribution < 1.29 is 0 Å². The van der Waals surface area contributed by atoms with Crippen LogP contribution in [0.1, 0.15) is 0 Å². The van der Waals surface area contributed by atoms with Gasteiger partial charge in [0.15, 0.2) is 0 Å². The fourth-order valence-electron chi connectivity index (χ4n) is 1.30. The molecule has 0 saturated heterocycles. The van der Waals surface area contributed by atoms with Gasteiger partial charge in [-0.1, -0.05) is 35.0 Å². The fraction of sp³-hybridized carbons (Fsp3) is 0. The lowest BCUT2D eigenvalue weighted by molar-refractivity contribution is 1.07. The third-order valence-corrected chi connectivity index (χ3v) is 3.48. The molecule has 0 atom stereocenters. The molecule has 0 bridgehead atoms. The van der Waals surface area contributed by atoms with Crippen LogP contribution in [0.25, 0.3) is 0 Å². The number of nitrogen functional groups attached to an aromatic ring is 2. The van der Waals surface area contributed by atoms with Crippen LogP contribution in [0, 0.1) is 0 Å². The molecular formula is C10H8Cl2N4OS. The van der Waals surface area contributed by atoms with E-state index in [4.69, 9.17) is 34.7 Å². The number of H-pyrrole nitrogens is 1. The second-order valence-electron chi connectivity index (χ2n) is 3.37. The summed E-state index contributed by atoms with van der Waals surface area (Å²) in [6.45, 7) is 0. The Bertz CT molecular complexity index is 639. The second kappa shape index (κ2) is 5.09. The molecule has 0 fully saturated rings. The summed E-state index contributed by atoms with van der Waals surface area (Å²) in [6, 6.07) is 4.95. The smallest absolute Gasteiger partial charge is 0.268 e. The van der Waals surface area contributed by atoms with E-state index in [1.807, 2.05) is 0 Å². The van der Waals surface area contributed by atoms with Crippen molar-refractivity contribution in [3.8, 4) is 0 Å². The Kier molecular flexibility index (Phi) is 3.70. The highest BCUT2D eigenvalue weighted by molar-refractivity contribution is 7.99. The zero-order valence-corrected chi connectivity index (χ0v) is 11.2. The van der Waals surface area contributed by atoms with Gasteiger partial charge in [-0.05, 0) is 18.2 Å². The van der Waals surface area contributed by atoms with Crippen LogP contribution >= 0.6 is 35.0 Å². The SMILES string of the molecule is Nc1nc(N)c(Sc2cc(Cl)cc(Cl)c2)c(=O)[nH]1. The summed E-state index contributed by atoms with van der Waals surface area (Å²) in [6.07, 6.45) is 0. The summed E-state index contributed by atoms with van der Waals surface area (Å²) in [7, 11) is 0. The number of anilines is 2. The minimum atomic E-state index is -0.402. The Labute approximate surface area is 116 Å². The predicted molar refractivity (Wildman–Crippen MR) is 74.3 cm³/mol. The molecule has 0 radical (unpaired) electrons. The van der Waals surface area contributed by atoms with E-state index in [1.54, 1.807) is 18.2 Å². The summed E-state index contributed by atoms with van der Waals surface area (Å²) in [4.78, 5) is 18.8. The summed E-state index contributed by atoms with van der Waals surface area (Å²) in [5.41, 5.74) is 10.6. The molecule has 5 nitrogen and oxygen atoms in total. The maximum atomic E-state index is 11.7. The molecule has 2 rings (SSSR count). The number of aromatic nitrogens is 2. The van der Waals surface area contributed by atoms with E-state index in [1.165, 1.54) is 0 Å². The quantitative estimate of drug-likeness (QED) is 0.791. The number of benzene rings is 1. The van der Waals surface area contributed by atoms with Crippen LogP contribution in [0.2, 0.25) is 10.0 Å². The molecule has 0 spiro atoms. The third kappa shape index (κ3) is 2.90. The van der Waals surface area contributed by atoms with Crippen molar-refractivity contribution in [3.05, 3.63) is 38.6 Å². The van der Waals surface area contributed by atoms with Crippen molar-refractivity contribution >= 4 is 46.7 Å². The van der Waals surface area contributed by atoms with Gasteiger partial charge in [-0.25, -0.2) is 0 Å². The van der Waals surface area contributed by atoms with E-state index in [2.05, 4.69) is 9.97 Å². The van der Waals surface area contributed by atoms with Crippen LogP contribution in [0.3, 0.4) is 0 Å². The Hall–Kier alpha value is -1.37. The first-order valence-electron chi connectivity index (χ1n) is 4.75. The molecule has 0 aliphatic rings. The summed E-state index contributed by atoms with van der Waals surface area (Å²) in [5.74, 6) is 0.0447. The van der Waals surface area contributed by atoms with Crippen molar-refractivity contribution in [3.63, 3.8) is 0 Å². The van der Waals surface area contributed by atoms with Crippen LogP contribution in [-0.4, -0.2) is 9.97 Å². The van der Waals surface area contributed by atoms with Gasteiger partial charge in [-0.15, -0.1) is 0 Å². The molecule has 1 heterocycles. The minimum absolute atomic E-state index is 0.0222. The van der Waals surface area contributed by atoms with Gasteiger partial charge in [0.1, 0.15) is 10.7 Å². The maximum absolute atomic E-state index is 11.7. The first-order valence-corrected chi connectivity index (χ1v) is 6.32. The Morgan fingerprint density at radius 1 is 1.17 bits per heavy atom. The van der Waals surface area contributed by atoms with Gasteiger partial charge in [-0.2, -0.15) is 4.98 Å². The van der Waals surface area contributed by atoms with E-state index in [-0.39, 0.29) is 16.7 Å². The largest absolute Gasteiger partial charge is 0.382 e. The molecular weight excluding hydrogens is 295 g/mol. The number of halogens is 2. The molecule has 0 aliphatic heterocycles. The number of hydrogen-bond acceptors (Lipinski definition) is 5. The summed E-state index contributed by atoms with van der Waals surface area (Å²) in [5, 5.41) is 0.951. The van der Waals surface area contributed by atoms with Crippen LogP contribution in [0.15, 0.2) is 32.8 Å². The minimum Gasteiger partial charge on any atom is -0.382 e. The second-order valence-corrected chi connectivity index (χ2v) is 5.33. The average Bonchev–Trinajstić information content (AvgIpc) is 2.22. The zero-order valence-electron chi connectivity index (χ0n) is 8.91. The summed E-state index contributed by atoms with van der Waals surface area (Å²) >= 11 is 12.9. The van der Waals surface area contributed by atoms with Gasteiger partial charge >= 0.3 is 0 Å². The molecule has 94 valence electrons. The highest BCUT2D eigenvalue weighted by Gasteiger charge is 2.10. The number of hydrogen-bond donors (Lipinski definition) is 3. The molecule has 0 amide bonds. The highest BCUT2D eigenvalue weighted by Crippen LogP contribution is 2.32. The highest BCUT2D eigenvalue weighted by atomic mass is 35.5. The Balaban J connectivity index is 2.43. The summed E-state index contributed by atoms with van der Waals surface area (Å²) < 4.78 is 0. The first kappa shape index (κ1) is 13.1. The van der Waals surface area contributed by atoms with E-state index in [9.17, 15) is 4.79 Å². The topological polar surface area (TPSA) is 97.8 Å². The number of nitrogens with zero attached hydrogens (tertiary/aromatic N) is 1. The molecule has 1 aromatic carbocycles.